The Morgan fingerprint density at radius 1 is 0.469 bits per heavy atom. The van der Waals surface area contributed by atoms with E-state index >= 15 is 0 Å². The molecule has 0 heterocycles. The van der Waals surface area contributed by atoms with Gasteiger partial charge in [0.15, 0.2) is 0 Å². The molecule has 0 saturated carbocycles. The molecular weight excluding hydrogens is 589 g/mol. The van der Waals surface area contributed by atoms with Gasteiger partial charge in [0.05, 0.1) is 0 Å². The van der Waals surface area contributed by atoms with Gasteiger partial charge < -0.3 is 0 Å². The highest BCUT2D eigenvalue weighted by atomic mass is 14.4. The predicted molar refractivity (Wildman–Crippen MR) is 209 cm³/mol. The number of rotatable bonds is 3. The van der Waals surface area contributed by atoms with Crippen LogP contribution in [-0.4, -0.2) is 0 Å². The Hall–Kier alpha value is -5.72. The topological polar surface area (TPSA) is 0 Å². The molecule has 0 bridgehead atoms. The zero-order valence-electron chi connectivity index (χ0n) is 27.8. The van der Waals surface area contributed by atoms with Crippen LogP contribution in [0, 0.1) is 5.92 Å². The second-order valence-electron chi connectivity index (χ2n) is 14.4. The molecule has 3 aliphatic rings. The first-order valence-electron chi connectivity index (χ1n) is 17.5. The van der Waals surface area contributed by atoms with Crippen molar-refractivity contribution in [3.63, 3.8) is 0 Å². The Balaban J connectivity index is 1.03. The lowest BCUT2D eigenvalue weighted by Gasteiger charge is -2.32. The molecule has 0 fully saturated rings. The highest BCUT2D eigenvalue weighted by Crippen LogP contribution is 2.51. The molecular formula is C49H36. The molecule has 7 aromatic rings. The largest absolute Gasteiger partial charge is 0.0761 e. The van der Waals surface area contributed by atoms with Crippen molar-refractivity contribution in [2.75, 3.05) is 0 Å². The van der Waals surface area contributed by atoms with Crippen LogP contribution in [0.15, 0.2) is 175 Å². The summed E-state index contributed by atoms with van der Waals surface area (Å²) < 4.78 is 0. The van der Waals surface area contributed by atoms with Gasteiger partial charge in [0.1, 0.15) is 0 Å². The molecule has 2 atom stereocenters. The summed E-state index contributed by atoms with van der Waals surface area (Å²) in [6.07, 6.45) is 14.0. The number of benzene rings is 7. The van der Waals surface area contributed by atoms with Crippen molar-refractivity contribution in [1.82, 2.24) is 0 Å². The van der Waals surface area contributed by atoms with Crippen LogP contribution in [-0.2, 0) is 5.41 Å². The van der Waals surface area contributed by atoms with E-state index in [2.05, 4.69) is 184 Å². The molecule has 0 radical (unpaired) electrons. The molecule has 10 rings (SSSR count). The van der Waals surface area contributed by atoms with E-state index in [1.807, 2.05) is 0 Å². The zero-order valence-corrected chi connectivity index (χ0v) is 27.8. The SMILES string of the molecule is CC1(C)c2ccccc2-c2ccc(C3C=CC(c4ccc(-c5cc6ccc7ccccc7c6c6ccccc56)cc4)=C4C=CC=CC43)cc21. The molecule has 0 spiro atoms. The minimum absolute atomic E-state index is 0.00163. The van der Waals surface area contributed by atoms with E-state index in [4.69, 9.17) is 0 Å². The summed E-state index contributed by atoms with van der Waals surface area (Å²) in [5.41, 5.74) is 13.5. The standard InChI is InChI=1S/C49H36/c1-49(2)46-18-10-9-16-42(46)43-26-25-34(30-47(43)49)37-28-27-36(39-13-5-6-14-40(37)39)32-19-21-33(22-20-32)45-29-35-24-23-31-11-3-4-12-38(31)48(35)44-17-8-7-15-41(44)45/h3-30,37,40H,1-2H3. The van der Waals surface area contributed by atoms with Crippen molar-refractivity contribution in [2.45, 2.75) is 25.2 Å². The van der Waals surface area contributed by atoms with Crippen molar-refractivity contribution in [1.29, 1.82) is 0 Å². The molecule has 232 valence electrons. The predicted octanol–water partition coefficient (Wildman–Crippen LogP) is 13.0. The summed E-state index contributed by atoms with van der Waals surface area (Å²) in [6.45, 7) is 4.74. The summed E-state index contributed by atoms with van der Waals surface area (Å²) in [6, 6.07) is 49.9. The molecule has 3 aliphatic carbocycles. The van der Waals surface area contributed by atoms with Gasteiger partial charge in [-0.25, -0.2) is 0 Å². The van der Waals surface area contributed by atoms with Crippen molar-refractivity contribution in [3.05, 3.63) is 198 Å². The molecule has 0 nitrogen and oxygen atoms in total. The Kier molecular flexibility index (Phi) is 6.15. The second kappa shape index (κ2) is 10.6. The monoisotopic (exact) mass is 624 g/mol. The van der Waals surface area contributed by atoms with Crippen LogP contribution in [0.2, 0.25) is 0 Å². The Labute approximate surface area is 288 Å². The smallest absolute Gasteiger partial charge is 0.0158 e. The van der Waals surface area contributed by atoms with E-state index in [-0.39, 0.29) is 5.41 Å². The zero-order chi connectivity index (χ0) is 32.7. The molecule has 0 aromatic heterocycles. The van der Waals surface area contributed by atoms with E-state index in [1.54, 1.807) is 0 Å². The number of hydrogen-bond acceptors (Lipinski definition) is 0. The maximum absolute atomic E-state index is 2.49. The van der Waals surface area contributed by atoms with Crippen LogP contribution in [0.1, 0.15) is 42.0 Å². The molecule has 0 N–H and O–H groups in total. The second-order valence-corrected chi connectivity index (χ2v) is 14.4. The van der Waals surface area contributed by atoms with Crippen LogP contribution < -0.4 is 0 Å². The van der Waals surface area contributed by atoms with Gasteiger partial charge in [0, 0.05) is 17.3 Å². The van der Waals surface area contributed by atoms with E-state index in [1.165, 1.54) is 88.0 Å². The quantitative estimate of drug-likeness (QED) is 0.172. The van der Waals surface area contributed by atoms with Gasteiger partial charge in [-0.1, -0.05) is 178 Å². The summed E-state index contributed by atoms with van der Waals surface area (Å²) in [7, 11) is 0. The average Bonchev–Trinajstić information content (AvgIpc) is 3.39. The molecule has 0 saturated heterocycles. The number of fused-ring (bicyclic) bond motifs is 9. The molecule has 49 heavy (non-hydrogen) atoms. The van der Waals surface area contributed by atoms with Crippen molar-refractivity contribution in [2.24, 2.45) is 5.92 Å². The Bertz CT molecular complexity index is 2620. The molecule has 0 amide bonds. The molecule has 0 aliphatic heterocycles. The highest BCUT2D eigenvalue weighted by Gasteiger charge is 2.36. The minimum Gasteiger partial charge on any atom is -0.0761 e. The van der Waals surface area contributed by atoms with Crippen LogP contribution in [0.3, 0.4) is 0 Å². The first-order valence-corrected chi connectivity index (χ1v) is 17.5. The highest BCUT2D eigenvalue weighted by molar-refractivity contribution is 6.23. The average molecular weight is 625 g/mol. The summed E-state index contributed by atoms with van der Waals surface area (Å²) in [5, 5.41) is 7.81. The van der Waals surface area contributed by atoms with E-state index in [0.717, 1.165) is 0 Å². The van der Waals surface area contributed by atoms with Gasteiger partial charge >= 0.3 is 0 Å². The lowest BCUT2D eigenvalue weighted by atomic mass is 9.72. The molecule has 7 aromatic carbocycles. The van der Waals surface area contributed by atoms with Crippen LogP contribution in [0.4, 0.5) is 0 Å². The summed E-state index contributed by atoms with van der Waals surface area (Å²) >= 11 is 0. The maximum Gasteiger partial charge on any atom is 0.0158 e. The van der Waals surface area contributed by atoms with E-state index in [9.17, 15) is 0 Å². The fraction of sp³-hybridized carbons (Fsp3) is 0.102. The number of hydrogen-bond donors (Lipinski definition) is 0. The Morgan fingerprint density at radius 2 is 1.18 bits per heavy atom. The van der Waals surface area contributed by atoms with Crippen LogP contribution >= 0.6 is 0 Å². The molecule has 2 unspecified atom stereocenters. The fourth-order valence-corrected chi connectivity index (χ4v) is 9.01. The van der Waals surface area contributed by atoms with Gasteiger partial charge in [-0.3, -0.25) is 0 Å². The van der Waals surface area contributed by atoms with Crippen LogP contribution in [0.25, 0.3) is 60.1 Å². The van der Waals surface area contributed by atoms with Gasteiger partial charge in [0.2, 0.25) is 0 Å². The Morgan fingerprint density at radius 3 is 2.06 bits per heavy atom. The van der Waals surface area contributed by atoms with Crippen molar-refractivity contribution >= 4 is 37.9 Å². The van der Waals surface area contributed by atoms with Gasteiger partial charge in [0.25, 0.3) is 0 Å². The molecule has 0 heteroatoms. The van der Waals surface area contributed by atoms with Crippen LogP contribution in [0.5, 0.6) is 0 Å². The number of allylic oxidation sites excluding steroid dienone is 8. The third-order valence-electron chi connectivity index (χ3n) is 11.5. The third kappa shape index (κ3) is 4.23. The van der Waals surface area contributed by atoms with Crippen molar-refractivity contribution in [3.8, 4) is 22.3 Å². The van der Waals surface area contributed by atoms with Gasteiger partial charge in [-0.05, 0) is 94.0 Å². The first kappa shape index (κ1) is 28.3. The maximum atomic E-state index is 2.49. The fourth-order valence-electron chi connectivity index (χ4n) is 9.01. The lowest BCUT2D eigenvalue weighted by Crippen LogP contribution is -2.19. The first-order chi connectivity index (χ1) is 24.1. The van der Waals surface area contributed by atoms with E-state index in [0.29, 0.717) is 11.8 Å². The normalized spacial score (nSPS) is 18.7. The van der Waals surface area contributed by atoms with E-state index < -0.39 is 0 Å². The minimum atomic E-state index is -0.00163. The lowest BCUT2D eigenvalue weighted by molar-refractivity contribution is 0.647. The summed E-state index contributed by atoms with van der Waals surface area (Å²) in [5.74, 6) is 0.595. The third-order valence-corrected chi connectivity index (χ3v) is 11.5. The summed E-state index contributed by atoms with van der Waals surface area (Å²) in [4.78, 5) is 0. The van der Waals surface area contributed by atoms with Crippen molar-refractivity contribution < 1.29 is 0 Å². The van der Waals surface area contributed by atoms with Gasteiger partial charge in [-0.15, -0.1) is 0 Å². The van der Waals surface area contributed by atoms with Gasteiger partial charge in [-0.2, -0.15) is 0 Å².